The maximum atomic E-state index is 12.6. The van der Waals surface area contributed by atoms with E-state index in [2.05, 4.69) is 15.0 Å². The third-order valence-corrected chi connectivity index (χ3v) is 3.30. The zero-order valence-electron chi connectivity index (χ0n) is 11.8. The number of aliphatic imine (C=N–C) groups is 1. The second-order valence-corrected chi connectivity index (χ2v) is 4.84. The molecule has 1 aromatic carbocycles. The molecule has 1 aromatic heterocycles. The summed E-state index contributed by atoms with van der Waals surface area (Å²) in [6.45, 7) is -0.0333. The van der Waals surface area contributed by atoms with Gasteiger partial charge in [-0.15, -0.1) is 0 Å². The second kappa shape index (κ2) is 5.79. The largest absolute Gasteiger partial charge is 0.432 e. The number of amides is 1. The number of benzene rings is 1. The molecule has 0 bridgehead atoms. The zero-order valence-corrected chi connectivity index (χ0v) is 11.8. The molecular weight excluding hydrogens is 309 g/mol. The molecule has 2 aromatic rings. The molecule has 0 N–H and O–H groups in total. The van der Waals surface area contributed by atoms with E-state index in [0.717, 1.165) is 12.3 Å². The maximum absolute atomic E-state index is 12.6. The Morgan fingerprint density at radius 1 is 1.13 bits per heavy atom. The lowest BCUT2D eigenvalue weighted by Crippen LogP contribution is -2.27. The lowest BCUT2D eigenvalue weighted by atomic mass is 10.1. The fourth-order valence-electron chi connectivity index (χ4n) is 2.18. The molecule has 8 heteroatoms. The molecule has 0 saturated heterocycles. The first-order valence-electron chi connectivity index (χ1n) is 6.77. The summed E-state index contributed by atoms with van der Waals surface area (Å²) in [4.78, 5) is 25.3. The van der Waals surface area contributed by atoms with Crippen LogP contribution in [0, 0.1) is 0 Å². The van der Waals surface area contributed by atoms with Gasteiger partial charge in [-0.05, 0) is 24.3 Å². The number of aromatic nitrogens is 2. The number of carbonyl (C=O) groups excluding carboxylic acids is 1. The quantitative estimate of drug-likeness (QED) is 0.811. The Hall–Kier alpha value is -2.77. The van der Waals surface area contributed by atoms with E-state index >= 15 is 0 Å². The molecule has 3 rings (SSSR count). The van der Waals surface area contributed by atoms with Crippen LogP contribution in [0.5, 0.6) is 0 Å². The highest BCUT2D eigenvalue weighted by molar-refractivity contribution is 6.01. The van der Waals surface area contributed by atoms with Gasteiger partial charge in [0.25, 0.3) is 5.91 Å². The number of allylic oxidation sites excluding steroid dienone is 1. The summed E-state index contributed by atoms with van der Waals surface area (Å²) in [5, 5.41) is 0. The number of nitrogens with zero attached hydrogens (tertiary/aromatic N) is 4. The molecule has 2 heterocycles. The highest BCUT2D eigenvalue weighted by Crippen LogP contribution is 2.20. The topological polar surface area (TPSA) is 58.5 Å². The Kier molecular flexibility index (Phi) is 3.81. The normalized spacial score (nSPS) is 15.4. The third kappa shape index (κ3) is 3.20. The zero-order chi connectivity index (χ0) is 16.4. The number of hydrogen-bond donors (Lipinski definition) is 0. The van der Waals surface area contributed by atoms with Crippen LogP contribution in [0.3, 0.4) is 0 Å². The van der Waals surface area contributed by atoms with Crippen molar-refractivity contribution in [2.24, 2.45) is 4.99 Å². The number of carbonyl (C=O) groups is 1. The van der Waals surface area contributed by atoms with Crippen LogP contribution in [0.1, 0.15) is 10.4 Å². The predicted octanol–water partition coefficient (Wildman–Crippen LogP) is 2.60. The first-order valence-corrected chi connectivity index (χ1v) is 6.77. The first kappa shape index (κ1) is 15.1. The van der Waals surface area contributed by atoms with Crippen LogP contribution in [0.25, 0.3) is 11.0 Å². The van der Waals surface area contributed by atoms with Crippen molar-refractivity contribution in [3.63, 3.8) is 0 Å². The molecule has 1 aliphatic heterocycles. The summed E-state index contributed by atoms with van der Waals surface area (Å²) >= 11 is 0. The Morgan fingerprint density at radius 3 is 2.61 bits per heavy atom. The SMILES string of the molecule is O=C(c1ccc2nccnc2c1)N1C=CC(C(F)(F)F)=NCC1. The molecule has 0 unspecified atom stereocenters. The van der Waals surface area contributed by atoms with E-state index in [1.54, 1.807) is 18.2 Å². The van der Waals surface area contributed by atoms with Crippen molar-refractivity contribution in [1.29, 1.82) is 0 Å². The molecule has 0 atom stereocenters. The van der Waals surface area contributed by atoms with Gasteiger partial charge in [-0.2, -0.15) is 13.2 Å². The monoisotopic (exact) mass is 320 g/mol. The van der Waals surface area contributed by atoms with Crippen molar-refractivity contribution in [3.05, 3.63) is 48.4 Å². The van der Waals surface area contributed by atoms with Gasteiger partial charge in [0.15, 0.2) is 0 Å². The summed E-state index contributed by atoms with van der Waals surface area (Å²) < 4.78 is 37.9. The van der Waals surface area contributed by atoms with Gasteiger partial charge in [0.2, 0.25) is 0 Å². The van der Waals surface area contributed by atoms with E-state index in [1.807, 2.05) is 0 Å². The van der Waals surface area contributed by atoms with E-state index in [4.69, 9.17) is 0 Å². The van der Waals surface area contributed by atoms with E-state index in [-0.39, 0.29) is 13.1 Å². The summed E-state index contributed by atoms with van der Waals surface area (Å²) in [7, 11) is 0. The van der Waals surface area contributed by atoms with Gasteiger partial charge in [-0.25, -0.2) is 0 Å². The van der Waals surface area contributed by atoms with E-state index in [0.29, 0.717) is 16.6 Å². The van der Waals surface area contributed by atoms with E-state index < -0.39 is 17.8 Å². The molecule has 0 radical (unpaired) electrons. The highest BCUT2D eigenvalue weighted by atomic mass is 19.4. The second-order valence-electron chi connectivity index (χ2n) is 4.84. The first-order chi connectivity index (χ1) is 10.9. The standard InChI is InChI=1S/C15H11F3N4O/c16-15(17,18)13-3-7-22(8-6-21-13)14(23)10-1-2-11-12(9-10)20-5-4-19-11/h1-5,7,9H,6,8H2. The predicted molar refractivity (Wildman–Crippen MR) is 78.1 cm³/mol. The lowest BCUT2D eigenvalue weighted by Gasteiger charge is -2.16. The molecule has 0 aliphatic carbocycles. The van der Waals surface area contributed by atoms with Crippen LogP contribution in [-0.2, 0) is 0 Å². The van der Waals surface area contributed by atoms with Gasteiger partial charge in [-0.3, -0.25) is 19.8 Å². The van der Waals surface area contributed by atoms with E-state index in [9.17, 15) is 18.0 Å². The molecule has 1 amide bonds. The number of fused-ring (bicyclic) bond motifs is 1. The van der Waals surface area contributed by atoms with Crippen LogP contribution < -0.4 is 0 Å². The number of alkyl halides is 3. The van der Waals surface area contributed by atoms with Crippen LogP contribution >= 0.6 is 0 Å². The van der Waals surface area contributed by atoms with Gasteiger partial charge < -0.3 is 4.90 Å². The highest BCUT2D eigenvalue weighted by Gasteiger charge is 2.34. The summed E-state index contributed by atoms with van der Waals surface area (Å²) in [6.07, 6.45) is 0.450. The van der Waals surface area contributed by atoms with Crippen molar-refractivity contribution in [3.8, 4) is 0 Å². The van der Waals surface area contributed by atoms with Gasteiger partial charge in [0, 0.05) is 30.7 Å². The van der Waals surface area contributed by atoms with Crippen molar-refractivity contribution in [2.75, 3.05) is 13.1 Å². The summed E-state index contributed by atoms with van der Waals surface area (Å²) in [6, 6.07) is 4.78. The summed E-state index contributed by atoms with van der Waals surface area (Å²) in [5.74, 6) is -0.410. The molecule has 0 saturated carbocycles. The van der Waals surface area contributed by atoms with E-state index in [1.165, 1.54) is 17.3 Å². The number of rotatable bonds is 1. The molecule has 118 valence electrons. The lowest BCUT2D eigenvalue weighted by molar-refractivity contribution is -0.0578. The minimum Gasteiger partial charge on any atom is -0.313 e. The molecule has 0 fully saturated rings. The molecular formula is C15H11F3N4O. The van der Waals surface area contributed by atoms with Gasteiger partial charge >= 0.3 is 6.18 Å². The van der Waals surface area contributed by atoms with Gasteiger partial charge in [0.1, 0.15) is 5.71 Å². The molecule has 5 nitrogen and oxygen atoms in total. The maximum Gasteiger partial charge on any atom is 0.432 e. The van der Waals surface area contributed by atoms with Gasteiger partial charge in [-0.1, -0.05) is 0 Å². The van der Waals surface area contributed by atoms with Crippen molar-refractivity contribution in [2.45, 2.75) is 6.18 Å². The van der Waals surface area contributed by atoms with Crippen molar-refractivity contribution < 1.29 is 18.0 Å². The third-order valence-electron chi connectivity index (χ3n) is 3.30. The Bertz CT molecular complexity index is 814. The molecule has 0 spiro atoms. The number of halogens is 3. The van der Waals surface area contributed by atoms with Crippen LogP contribution in [-0.4, -0.2) is 45.8 Å². The van der Waals surface area contributed by atoms with Gasteiger partial charge in [0.05, 0.1) is 17.6 Å². The van der Waals surface area contributed by atoms with Crippen LogP contribution in [0.15, 0.2) is 47.9 Å². The van der Waals surface area contributed by atoms with Crippen molar-refractivity contribution in [1.82, 2.24) is 14.9 Å². The average molecular weight is 320 g/mol. The minimum atomic E-state index is -4.52. The Balaban J connectivity index is 1.85. The average Bonchev–Trinajstić information content (AvgIpc) is 2.79. The fourth-order valence-corrected chi connectivity index (χ4v) is 2.18. The molecule has 23 heavy (non-hydrogen) atoms. The Morgan fingerprint density at radius 2 is 1.87 bits per heavy atom. The Labute approximate surface area is 129 Å². The van der Waals surface area contributed by atoms with Crippen LogP contribution in [0.2, 0.25) is 0 Å². The molecule has 1 aliphatic rings. The van der Waals surface area contributed by atoms with Crippen LogP contribution in [0.4, 0.5) is 13.2 Å². The summed E-state index contributed by atoms with van der Waals surface area (Å²) in [5.41, 5.74) is 0.526. The minimum absolute atomic E-state index is 0.0768. The smallest absolute Gasteiger partial charge is 0.313 e. The number of hydrogen-bond acceptors (Lipinski definition) is 4. The van der Waals surface area contributed by atoms with Crippen molar-refractivity contribution >= 4 is 22.7 Å². The fraction of sp³-hybridized carbons (Fsp3) is 0.200.